The van der Waals surface area contributed by atoms with Crippen molar-refractivity contribution in [3.8, 4) is 11.8 Å². The summed E-state index contributed by atoms with van der Waals surface area (Å²) in [5.41, 5.74) is 0.619. The highest BCUT2D eigenvalue weighted by Gasteiger charge is 2.11. The largest absolute Gasteiger partial charge is 0.481 e. The Morgan fingerprint density at radius 2 is 2.00 bits per heavy atom. The number of carbonyl (C=O) groups excluding carboxylic acids is 2. The third-order valence-electron chi connectivity index (χ3n) is 2.75. The molecule has 1 heterocycles. The number of esters is 1. The molecule has 0 bridgehead atoms. The van der Waals surface area contributed by atoms with Crippen LogP contribution in [0.1, 0.15) is 5.56 Å². The molecule has 0 saturated carbocycles. The molecule has 122 valence electrons. The first-order chi connectivity index (χ1) is 11.6. The first-order valence-corrected chi connectivity index (χ1v) is 7.16. The lowest BCUT2D eigenvalue weighted by Gasteiger charge is -2.09. The Morgan fingerprint density at radius 1 is 1.21 bits per heavy atom. The highest BCUT2D eigenvalue weighted by Crippen LogP contribution is 2.17. The molecule has 0 fully saturated rings. The lowest BCUT2D eigenvalue weighted by atomic mass is 10.2. The van der Waals surface area contributed by atoms with Crippen LogP contribution in [0.3, 0.4) is 0 Å². The van der Waals surface area contributed by atoms with E-state index in [0.717, 1.165) is 0 Å². The van der Waals surface area contributed by atoms with Crippen molar-refractivity contribution in [2.24, 2.45) is 0 Å². The van der Waals surface area contributed by atoms with Crippen molar-refractivity contribution in [1.29, 1.82) is 5.26 Å². The molecular weight excluding hydrogens is 334 g/mol. The van der Waals surface area contributed by atoms with Crippen LogP contribution in [-0.2, 0) is 14.3 Å². The fourth-order valence-corrected chi connectivity index (χ4v) is 1.84. The van der Waals surface area contributed by atoms with Crippen LogP contribution in [0.15, 0.2) is 42.6 Å². The quantitative estimate of drug-likeness (QED) is 0.636. The van der Waals surface area contributed by atoms with Crippen molar-refractivity contribution in [3.05, 3.63) is 53.3 Å². The molecule has 0 spiro atoms. The van der Waals surface area contributed by atoms with Crippen LogP contribution in [0, 0.1) is 11.3 Å². The number of carbonyl (C=O) groups is 2. The Morgan fingerprint density at radius 3 is 2.75 bits per heavy atom. The smallest absolute Gasteiger partial charge is 0.344 e. The Bertz CT molecular complexity index is 789. The van der Waals surface area contributed by atoms with E-state index in [2.05, 4.69) is 10.3 Å². The average Bonchev–Trinajstić information content (AvgIpc) is 2.60. The van der Waals surface area contributed by atoms with Gasteiger partial charge in [-0.2, -0.15) is 5.26 Å². The number of ether oxygens (including phenoxy) is 2. The number of rotatable bonds is 6. The SMILES string of the molecule is N#Cc1ccccc1OCC(=O)OCC(=O)Nc1cccnc1Cl. The van der Waals surface area contributed by atoms with Gasteiger partial charge in [-0.05, 0) is 24.3 Å². The summed E-state index contributed by atoms with van der Waals surface area (Å²) in [4.78, 5) is 27.1. The first kappa shape index (κ1) is 17.2. The third-order valence-corrected chi connectivity index (χ3v) is 3.05. The molecule has 0 saturated heterocycles. The van der Waals surface area contributed by atoms with Crippen LogP contribution in [0.5, 0.6) is 5.75 Å². The molecular formula is C16H12ClN3O4. The standard InChI is InChI=1S/C16H12ClN3O4/c17-16-12(5-3-7-19-16)20-14(21)9-24-15(22)10-23-13-6-2-1-4-11(13)8-18/h1-7H,9-10H2,(H,20,21). The molecule has 1 amide bonds. The van der Waals surface area contributed by atoms with Gasteiger partial charge in [-0.15, -0.1) is 0 Å². The molecule has 1 aromatic heterocycles. The van der Waals surface area contributed by atoms with Crippen LogP contribution >= 0.6 is 11.6 Å². The van der Waals surface area contributed by atoms with E-state index in [1.807, 2.05) is 6.07 Å². The monoisotopic (exact) mass is 345 g/mol. The summed E-state index contributed by atoms with van der Waals surface area (Å²) >= 11 is 5.80. The van der Waals surface area contributed by atoms with E-state index in [1.165, 1.54) is 6.20 Å². The molecule has 24 heavy (non-hydrogen) atoms. The zero-order valence-corrected chi connectivity index (χ0v) is 13.1. The van der Waals surface area contributed by atoms with Crippen LogP contribution in [0.4, 0.5) is 5.69 Å². The fourth-order valence-electron chi connectivity index (χ4n) is 1.67. The lowest BCUT2D eigenvalue weighted by Crippen LogP contribution is -2.24. The molecule has 0 aliphatic carbocycles. The number of amides is 1. The minimum absolute atomic E-state index is 0.133. The van der Waals surface area contributed by atoms with E-state index in [1.54, 1.807) is 36.4 Å². The van der Waals surface area contributed by atoms with E-state index >= 15 is 0 Å². The van der Waals surface area contributed by atoms with Gasteiger partial charge in [0.2, 0.25) is 0 Å². The van der Waals surface area contributed by atoms with E-state index in [9.17, 15) is 9.59 Å². The van der Waals surface area contributed by atoms with Gasteiger partial charge in [0, 0.05) is 6.20 Å². The summed E-state index contributed by atoms with van der Waals surface area (Å²) in [6.07, 6.45) is 1.48. The number of nitrogens with zero attached hydrogens (tertiary/aromatic N) is 2. The van der Waals surface area contributed by atoms with Gasteiger partial charge in [-0.3, -0.25) is 4.79 Å². The van der Waals surface area contributed by atoms with Crippen molar-refractivity contribution in [2.75, 3.05) is 18.5 Å². The van der Waals surface area contributed by atoms with Crippen LogP contribution in [-0.4, -0.2) is 30.1 Å². The summed E-state index contributed by atoms with van der Waals surface area (Å²) < 4.78 is 9.99. The number of aromatic nitrogens is 1. The summed E-state index contributed by atoms with van der Waals surface area (Å²) in [6.45, 7) is -0.910. The third kappa shape index (κ3) is 4.97. The number of para-hydroxylation sites is 1. The second-order valence-corrected chi connectivity index (χ2v) is 4.81. The predicted molar refractivity (Wildman–Crippen MR) is 85.5 cm³/mol. The molecule has 1 N–H and O–H groups in total. The van der Waals surface area contributed by atoms with E-state index in [0.29, 0.717) is 11.3 Å². The summed E-state index contributed by atoms with van der Waals surface area (Å²) in [5, 5.41) is 11.5. The van der Waals surface area contributed by atoms with Crippen LogP contribution in [0.2, 0.25) is 5.15 Å². The highest BCUT2D eigenvalue weighted by molar-refractivity contribution is 6.32. The van der Waals surface area contributed by atoms with Gasteiger partial charge in [0.1, 0.15) is 11.8 Å². The van der Waals surface area contributed by atoms with Crippen molar-refractivity contribution >= 4 is 29.2 Å². The Hall–Kier alpha value is -3.11. The first-order valence-electron chi connectivity index (χ1n) is 6.78. The minimum atomic E-state index is -0.741. The number of halogens is 1. The number of hydrogen-bond donors (Lipinski definition) is 1. The second kappa shape index (κ2) is 8.50. The van der Waals surface area contributed by atoms with Gasteiger partial charge in [0.15, 0.2) is 18.4 Å². The molecule has 2 aromatic rings. The Kier molecular flexibility index (Phi) is 6.11. The van der Waals surface area contributed by atoms with Crippen molar-refractivity contribution in [2.45, 2.75) is 0 Å². The van der Waals surface area contributed by atoms with Gasteiger partial charge in [0.05, 0.1) is 11.3 Å². The molecule has 8 heteroatoms. The number of nitrogens with one attached hydrogen (secondary N) is 1. The van der Waals surface area contributed by atoms with Crippen molar-refractivity contribution in [3.63, 3.8) is 0 Å². The van der Waals surface area contributed by atoms with Crippen LogP contribution < -0.4 is 10.1 Å². The number of pyridine rings is 1. The molecule has 0 aliphatic heterocycles. The van der Waals surface area contributed by atoms with Crippen molar-refractivity contribution < 1.29 is 19.1 Å². The molecule has 0 atom stereocenters. The summed E-state index contributed by atoms with van der Waals surface area (Å²) in [6, 6.07) is 11.6. The van der Waals surface area contributed by atoms with Gasteiger partial charge in [0.25, 0.3) is 5.91 Å². The molecule has 0 unspecified atom stereocenters. The predicted octanol–water partition coefficient (Wildman–Crippen LogP) is 2.17. The maximum Gasteiger partial charge on any atom is 0.344 e. The van der Waals surface area contributed by atoms with Crippen molar-refractivity contribution in [1.82, 2.24) is 4.98 Å². The lowest BCUT2D eigenvalue weighted by molar-refractivity contribution is -0.149. The number of hydrogen-bond acceptors (Lipinski definition) is 6. The fraction of sp³-hybridized carbons (Fsp3) is 0.125. The van der Waals surface area contributed by atoms with E-state index in [-0.39, 0.29) is 10.9 Å². The van der Waals surface area contributed by atoms with Gasteiger partial charge >= 0.3 is 5.97 Å². The Labute approximate surface area is 142 Å². The van der Waals surface area contributed by atoms with Gasteiger partial charge in [-0.1, -0.05) is 23.7 Å². The summed E-state index contributed by atoms with van der Waals surface area (Å²) in [5.74, 6) is -1.03. The van der Waals surface area contributed by atoms with E-state index in [4.69, 9.17) is 26.3 Å². The van der Waals surface area contributed by atoms with E-state index < -0.39 is 25.1 Å². The second-order valence-electron chi connectivity index (χ2n) is 4.45. The number of nitriles is 1. The number of benzene rings is 1. The number of anilines is 1. The molecule has 7 nitrogen and oxygen atoms in total. The topological polar surface area (TPSA) is 101 Å². The molecule has 0 aliphatic rings. The maximum atomic E-state index is 11.7. The van der Waals surface area contributed by atoms with Crippen LogP contribution in [0.25, 0.3) is 0 Å². The normalized spacial score (nSPS) is 9.67. The summed E-state index contributed by atoms with van der Waals surface area (Å²) in [7, 11) is 0. The zero-order chi connectivity index (χ0) is 17.4. The zero-order valence-electron chi connectivity index (χ0n) is 12.4. The Balaban J connectivity index is 1.78. The van der Waals surface area contributed by atoms with Gasteiger partial charge in [-0.25, -0.2) is 9.78 Å². The minimum Gasteiger partial charge on any atom is -0.481 e. The molecule has 1 aromatic carbocycles. The maximum absolute atomic E-state index is 11.7. The van der Waals surface area contributed by atoms with Gasteiger partial charge < -0.3 is 14.8 Å². The molecule has 2 rings (SSSR count). The molecule has 0 radical (unpaired) electrons. The average molecular weight is 346 g/mol. The highest BCUT2D eigenvalue weighted by atomic mass is 35.5.